The Bertz CT molecular complexity index is 772. The van der Waals surface area contributed by atoms with Crippen molar-refractivity contribution < 1.29 is 26.8 Å². The summed E-state index contributed by atoms with van der Waals surface area (Å²) in [5.41, 5.74) is 4.16. The van der Waals surface area contributed by atoms with E-state index < -0.39 is 29.4 Å². The van der Waals surface area contributed by atoms with E-state index in [1.807, 2.05) is 13.8 Å². The zero-order chi connectivity index (χ0) is 23.7. The van der Waals surface area contributed by atoms with Gasteiger partial charge in [-0.1, -0.05) is 13.8 Å². The number of ether oxygens (including phenoxy) is 1. The van der Waals surface area contributed by atoms with Gasteiger partial charge in [0.05, 0.1) is 31.2 Å². The van der Waals surface area contributed by atoms with Crippen molar-refractivity contribution in [2.24, 2.45) is 11.1 Å². The van der Waals surface area contributed by atoms with Crippen molar-refractivity contribution in [3.8, 4) is 0 Å². The van der Waals surface area contributed by atoms with Gasteiger partial charge in [-0.05, 0) is 65.0 Å². The number of sulfonamides is 1. The van der Waals surface area contributed by atoms with E-state index in [0.717, 1.165) is 26.3 Å². The van der Waals surface area contributed by atoms with Gasteiger partial charge in [0.2, 0.25) is 10.0 Å². The summed E-state index contributed by atoms with van der Waals surface area (Å²) in [5.74, 6) is 0. The summed E-state index contributed by atoms with van der Waals surface area (Å²) >= 11 is 0. The summed E-state index contributed by atoms with van der Waals surface area (Å²) in [7, 11) is -6.58. The normalized spacial score (nSPS) is 30.7. The monoisotopic (exact) mass is 484 g/mol. The van der Waals surface area contributed by atoms with Crippen molar-refractivity contribution >= 4 is 17.8 Å². The van der Waals surface area contributed by atoms with Crippen molar-refractivity contribution in [2.75, 3.05) is 39.6 Å². The van der Waals surface area contributed by atoms with E-state index in [4.69, 9.17) is 19.5 Å². The molecule has 2 aliphatic rings. The van der Waals surface area contributed by atoms with E-state index in [1.165, 1.54) is 10.6 Å². The van der Waals surface area contributed by atoms with Crippen LogP contribution in [0, 0.1) is 10.6 Å². The highest BCUT2D eigenvalue weighted by atomic mass is 32.2. The molecule has 184 valence electrons. The summed E-state index contributed by atoms with van der Waals surface area (Å²) in [5, 5.41) is 11.9. The van der Waals surface area contributed by atoms with Gasteiger partial charge < -0.3 is 15.7 Å². The van der Waals surface area contributed by atoms with Crippen LogP contribution in [-0.2, 0) is 28.4 Å². The number of hydrogen-bond acceptors (Lipinski definition) is 8. The lowest BCUT2D eigenvalue weighted by atomic mass is 9.70. The van der Waals surface area contributed by atoms with E-state index in [2.05, 4.69) is 13.8 Å². The molecule has 3 atom stereocenters. The molecular formula is C19H39N3O7PS-. The van der Waals surface area contributed by atoms with E-state index in [1.54, 1.807) is 0 Å². The topological polar surface area (TPSA) is 134 Å². The van der Waals surface area contributed by atoms with Gasteiger partial charge >= 0.3 is 7.75 Å². The number of hydrogen-bond donors (Lipinski definition) is 1. The maximum atomic E-state index is 12.9. The lowest BCUT2D eigenvalue weighted by Gasteiger charge is -2.51. The molecule has 1 saturated heterocycles. The first-order valence-electron chi connectivity index (χ1n) is 10.8. The van der Waals surface area contributed by atoms with Crippen molar-refractivity contribution in [2.45, 2.75) is 77.0 Å². The highest BCUT2D eigenvalue weighted by molar-refractivity contribution is 7.88. The van der Waals surface area contributed by atoms with Gasteiger partial charge in [-0.15, -0.1) is 0 Å². The molecule has 2 unspecified atom stereocenters. The number of hydroxylamine groups is 1. The Morgan fingerprint density at radius 3 is 2.35 bits per heavy atom. The van der Waals surface area contributed by atoms with Crippen LogP contribution in [0.15, 0.2) is 0 Å². The van der Waals surface area contributed by atoms with Gasteiger partial charge in [-0.25, -0.2) is 13.0 Å². The Labute approximate surface area is 187 Å². The van der Waals surface area contributed by atoms with Crippen molar-refractivity contribution in [1.82, 2.24) is 9.14 Å². The van der Waals surface area contributed by atoms with Gasteiger partial charge in [-0.3, -0.25) is 13.9 Å². The average Bonchev–Trinajstić information content (AvgIpc) is 3.43. The molecule has 0 aromatic heterocycles. The van der Waals surface area contributed by atoms with E-state index in [0.29, 0.717) is 19.4 Å². The van der Waals surface area contributed by atoms with Gasteiger partial charge in [-0.2, -0.15) is 4.31 Å². The van der Waals surface area contributed by atoms with Crippen LogP contribution in [-0.4, -0.2) is 74.4 Å². The fraction of sp³-hybridized carbons (Fsp3) is 1.00. The lowest BCUT2D eigenvalue weighted by molar-refractivity contribution is -0.147. The zero-order valence-electron chi connectivity index (χ0n) is 19.6. The fourth-order valence-corrected chi connectivity index (χ4v) is 7.24. The minimum atomic E-state index is -4.09. The van der Waals surface area contributed by atoms with Crippen LogP contribution in [0.3, 0.4) is 0 Å². The second kappa shape index (κ2) is 9.64. The van der Waals surface area contributed by atoms with Crippen molar-refractivity contribution in [3.63, 3.8) is 0 Å². The summed E-state index contributed by atoms with van der Waals surface area (Å²) < 4.78 is 56.8. The Hall–Kier alpha value is -0.100. The molecule has 2 N–H and O–H groups in total. The summed E-state index contributed by atoms with van der Waals surface area (Å²) in [4.78, 5) is 0.174. The molecule has 1 aliphatic heterocycles. The second-order valence-electron chi connectivity index (χ2n) is 9.64. The maximum absolute atomic E-state index is 12.9. The zero-order valence-corrected chi connectivity index (χ0v) is 21.3. The van der Waals surface area contributed by atoms with Crippen LogP contribution >= 0.6 is 7.75 Å². The SMILES string of the molecule is CCC1(C)CC(C)(C)N(S(C)(=O)=O)C[C@@H](COP(=O)(OCCCN)N(C)[O-])OC12CC2. The third-order valence-electron chi connectivity index (χ3n) is 6.62. The molecule has 1 aliphatic carbocycles. The predicted octanol–water partition coefficient (Wildman–Crippen LogP) is 2.68. The summed E-state index contributed by atoms with van der Waals surface area (Å²) in [6.45, 7) is 8.23. The molecule has 2 rings (SSSR count). The molecule has 0 amide bonds. The Kier molecular flexibility index (Phi) is 8.44. The smallest absolute Gasteiger partial charge is 0.396 e. The minimum Gasteiger partial charge on any atom is -0.777 e. The van der Waals surface area contributed by atoms with Crippen molar-refractivity contribution in [1.29, 1.82) is 0 Å². The standard InChI is InChI=1S/C19H39N3O7PS/c1-7-18(4)15-17(2,3)22(31(6,25)26)13-16(29-19(18)9-10-19)14-28-30(24,21(5)23)27-12-8-11-20/h16H,7-15,20H2,1-6H3/q-1/t16-,18?,30?/m0/s1. The molecular weight excluding hydrogens is 445 g/mol. The maximum Gasteiger partial charge on any atom is 0.396 e. The van der Waals surface area contributed by atoms with E-state index >= 15 is 0 Å². The molecule has 1 saturated carbocycles. The molecule has 0 aromatic carbocycles. The second-order valence-corrected chi connectivity index (χ2v) is 13.6. The third kappa shape index (κ3) is 6.07. The summed E-state index contributed by atoms with van der Waals surface area (Å²) in [6, 6.07) is 0. The first-order valence-corrected chi connectivity index (χ1v) is 14.2. The van der Waals surface area contributed by atoms with E-state index in [-0.39, 0.29) is 35.6 Å². The molecule has 1 heterocycles. The molecule has 1 spiro atoms. The highest BCUT2D eigenvalue weighted by Crippen LogP contribution is 2.60. The van der Waals surface area contributed by atoms with Crippen LogP contribution in [0.5, 0.6) is 0 Å². The number of rotatable bonds is 10. The highest BCUT2D eigenvalue weighted by Gasteiger charge is 2.61. The first kappa shape index (κ1) is 27.1. The molecule has 12 heteroatoms. The number of nitrogens with two attached hydrogens (primary N) is 1. The minimum absolute atomic E-state index is 0.0201. The van der Waals surface area contributed by atoms with Crippen LogP contribution in [0.4, 0.5) is 0 Å². The summed E-state index contributed by atoms with van der Waals surface area (Å²) in [6.07, 6.45) is 4.12. The predicted molar refractivity (Wildman–Crippen MR) is 120 cm³/mol. The fourth-order valence-electron chi connectivity index (χ4n) is 4.73. The molecule has 10 nitrogen and oxygen atoms in total. The first-order chi connectivity index (χ1) is 14.1. The van der Waals surface area contributed by atoms with Gasteiger partial charge in [0.15, 0.2) is 0 Å². The molecule has 0 radical (unpaired) electrons. The van der Waals surface area contributed by atoms with Crippen LogP contribution in [0.25, 0.3) is 0 Å². The number of nitrogens with zero attached hydrogens (tertiary/aromatic N) is 2. The Balaban J connectivity index is 2.31. The largest absolute Gasteiger partial charge is 0.777 e. The Morgan fingerprint density at radius 1 is 1.29 bits per heavy atom. The quantitative estimate of drug-likeness (QED) is 0.282. The third-order valence-corrected chi connectivity index (χ3v) is 9.73. The van der Waals surface area contributed by atoms with Crippen LogP contribution < -0.4 is 5.73 Å². The molecule has 0 bridgehead atoms. The van der Waals surface area contributed by atoms with Gasteiger partial charge in [0, 0.05) is 12.1 Å². The van der Waals surface area contributed by atoms with Crippen LogP contribution in [0.1, 0.15) is 59.8 Å². The van der Waals surface area contributed by atoms with Crippen molar-refractivity contribution in [3.05, 3.63) is 5.21 Å². The molecule has 2 fully saturated rings. The molecule has 0 aromatic rings. The lowest BCUT2D eigenvalue weighted by Crippen LogP contribution is -2.59. The Morgan fingerprint density at radius 2 is 1.90 bits per heavy atom. The average molecular weight is 485 g/mol. The van der Waals surface area contributed by atoms with Gasteiger partial charge in [0.25, 0.3) is 0 Å². The van der Waals surface area contributed by atoms with Crippen LogP contribution in [0.2, 0.25) is 0 Å². The van der Waals surface area contributed by atoms with Gasteiger partial charge in [0.1, 0.15) is 0 Å². The van der Waals surface area contributed by atoms with E-state index in [9.17, 15) is 18.2 Å². The molecule has 31 heavy (non-hydrogen) atoms.